The normalized spacial score (nSPS) is 20.9. The third-order valence-corrected chi connectivity index (χ3v) is 3.32. The van der Waals surface area contributed by atoms with Gasteiger partial charge in [-0.25, -0.2) is 4.98 Å². The highest BCUT2D eigenvalue weighted by Crippen LogP contribution is 2.19. The number of halogens is 1. The van der Waals surface area contributed by atoms with Crippen molar-refractivity contribution in [1.82, 2.24) is 9.88 Å². The van der Waals surface area contributed by atoms with Crippen molar-refractivity contribution in [3.05, 3.63) is 22.8 Å². The number of hydrogen-bond donors (Lipinski definition) is 2. The molecule has 1 fully saturated rings. The fourth-order valence-electron chi connectivity index (χ4n) is 1.98. The Labute approximate surface area is 112 Å². The van der Waals surface area contributed by atoms with E-state index in [0.717, 1.165) is 18.1 Å². The summed E-state index contributed by atoms with van der Waals surface area (Å²) >= 11 is 6.15. The van der Waals surface area contributed by atoms with Gasteiger partial charge in [-0.3, -0.25) is 4.90 Å². The Morgan fingerprint density at radius 1 is 1.61 bits per heavy atom. The largest absolute Gasteiger partial charge is 0.394 e. The molecule has 0 spiro atoms. The minimum absolute atomic E-state index is 0.0498. The van der Waals surface area contributed by atoms with Crippen LogP contribution in [0.5, 0.6) is 0 Å². The molecule has 2 heterocycles. The molecule has 1 saturated heterocycles. The second kappa shape index (κ2) is 6.33. The van der Waals surface area contributed by atoms with E-state index < -0.39 is 0 Å². The summed E-state index contributed by atoms with van der Waals surface area (Å²) in [5.74, 6) is 0.807. The van der Waals surface area contributed by atoms with Gasteiger partial charge in [0.05, 0.1) is 30.0 Å². The van der Waals surface area contributed by atoms with Gasteiger partial charge in [0.1, 0.15) is 5.82 Å². The van der Waals surface area contributed by atoms with E-state index in [9.17, 15) is 0 Å². The lowest BCUT2D eigenvalue weighted by molar-refractivity contribution is -0.0553. The summed E-state index contributed by atoms with van der Waals surface area (Å²) in [7, 11) is 1.83. The topological polar surface area (TPSA) is 57.6 Å². The van der Waals surface area contributed by atoms with Crippen molar-refractivity contribution in [2.24, 2.45) is 0 Å². The molecule has 2 N–H and O–H groups in total. The van der Waals surface area contributed by atoms with Gasteiger partial charge >= 0.3 is 0 Å². The molecule has 1 aliphatic rings. The zero-order valence-corrected chi connectivity index (χ0v) is 11.2. The molecule has 18 heavy (non-hydrogen) atoms. The number of nitrogens with one attached hydrogen (secondary N) is 1. The van der Waals surface area contributed by atoms with Crippen LogP contribution in [0.15, 0.2) is 12.1 Å². The molecule has 2 rings (SSSR count). The summed E-state index contributed by atoms with van der Waals surface area (Å²) in [6, 6.07) is 3.70. The Morgan fingerprint density at radius 3 is 3.17 bits per heavy atom. The lowest BCUT2D eigenvalue weighted by atomic mass is 10.2. The zero-order chi connectivity index (χ0) is 13.0. The lowest BCUT2D eigenvalue weighted by Gasteiger charge is -2.31. The number of aromatic nitrogens is 1. The van der Waals surface area contributed by atoms with Crippen molar-refractivity contribution in [3.63, 3.8) is 0 Å². The van der Waals surface area contributed by atoms with Crippen LogP contribution < -0.4 is 5.32 Å². The fourth-order valence-corrected chi connectivity index (χ4v) is 2.15. The average Bonchev–Trinajstić information content (AvgIpc) is 2.41. The second-order valence-electron chi connectivity index (χ2n) is 4.29. The Bertz CT molecular complexity index is 403. The number of aliphatic hydroxyl groups excluding tert-OH is 1. The first-order valence-electron chi connectivity index (χ1n) is 6.01. The molecule has 0 saturated carbocycles. The van der Waals surface area contributed by atoms with E-state index in [1.807, 2.05) is 19.2 Å². The van der Waals surface area contributed by atoms with Crippen LogP contribution in [0.3, 0.4) is 0 Å². The molecule has 1 atom stereocenters. The summed E-state index contributed by atoms with van der Waals surface area (Å²) in [4.78, 5) is 6.64. The number of anilines is 1. The van der Waals surface area contributed by atoms with Crippen LogP contribution in [0.1, 0.15) is 5.69 Å². The van der Waals surface area contributed by atoms with Crippen molar-refractivity contribution in [2.75, 3.05) is 38.7 Å². The quantitative estimate of drug-likeness (QED) is 0.855. The standard InChI is InChI=1S/C12H18ClN3O2/c1-14-12-3-2-10(13)11(15-12)7-16-4-5-18-9(6-16)8-17/h2-3,9,17H,4-8H2,1H3,(H,14,15). The Balaban J connectivity index is 2.04. The number of morpholine rings is 1. The Morgan fingerprint density at radius 2 is 2.44 bits per heavy atom. The van der Waals surface area contributed by atoms with Crippen LogP contribution in [-0.2, 0) is 11.3 Å². The fraction of sp³-hybridized carbons (Fsp3) is 0.583. The molecule has 0 bridgehead atoms. The number of rotatable bonds is 4. The highest BCUT2D eigenvalue weighted by Gasteiger charge is 2.20. The van der Waals surface area contributed by atoms with Crippen LogP contribution in [0.2, 0.25) is 5.02 Å². The SMILES string of the molecule is CNc1ccc(Cl)c(CN2CCOC(CO)C2)n1. The molecule has 1 aliphatic heterocycles. The van der Waals surface area contributed by atoms with Crippen LogP contribution in [0, 0.1) is 0 Å². The zero-order valence-electron chi connectivity index (χ0n) is 10.4. The van der Waals surface area contributed by atoms with Crippen molar-refractivity contribution in [2.45, 2.75) is 12.6 Å². The summed E-state index contributed by atoms with van der Waals surface area (Å²) < 4.78 is 5.41. The smallest absolute Gasteiger partial charge is 0.126 e. The van der Waals surface area contributed by atoms with Crippen LogP contribution in [0.25, 0.3) is 0 Å². The molecular weight excluding hydrogens is 254 g/mol. The van der Waals surface area contributed by atoms with Crippen LogP contribution in [-0.4, -0.2) is 54.4 Å². The van der Waals surface area contributed by atoms with Gasteiger partial charge in [-0.15, -0.1) is 0 Å². The molecule has 1 aromatic heterocycles. The van der Waals surface area contributed by atoms with Crippen molar-refractivity contribution in [1.29, 1.82) is 0 Å². The van der Waals surface area contributed by atoms with E-state index >= 15 is 0 Å². The Hall–Kier alpha value is -0.880. The highest BCUT2D eigenvalue weighted by molar-refractivity contribution is 6.31. The third-order valence-electron chi connectivity index (χ3n) is 2.97. The highest BCUT2D eigenvalue weighted by atomic mass is 35.5. The number of nitrogens with zero attached hydrogens (tertiary/aromatic N) is 2. The molecule has 0 aliphatic carbocycles. The predicted octanol–water partition coefficient (Wildman–Crippen LogP) is 0.970. The minimum Gasteiger partial charge on any atom is -0.394 e. The van der Waals surface area contributed by atoms with Gasteiger partial charge in [0.15, 0.2) is 0 Å². The van der Waals surface area contributed by atoms with Gasteiger partial charge in [-0.2, -0.15) is 0 Å². The minimum atomic E-state index is -0.106. The van der Waals surface area contributed by atoms with Gasteiger partial charge in [-0.05, 0) is 12.1 Å². The van der Waals surface area contributed by atoms with Gasteiger partial charge in [0.25, 0.3) is 0 Å². The van der Waals surface area contributed by atoms with Gasteiger partial charge in [-0.1, -0.05) is 11.6 Å². The van der Waals surface area contributed by atoms with E-state index in [2.05, 4.69) is 15.2 Å². The average molecular weight is 272 g/mol. The summed E-state index contributed by atoms with van der Waals surface area (Å²) in [5, 5.41) is 12.8. The summed E-state index contributed by atoms with van der Waals surface area (Å²) in [5.41, 5.74) is 0.849. The van der Waals surface area contributed by atoms with E-state index in [0.29, 0.717) is 24.7 Å². The molecule has 1 aromatic rings. The number of pyridine rings is 1. The van der Waals surface area contributed by atoms with E-state index in [-0.39, 0.29) is 12.7 Å². The maximum atomic E-state index is 9.11. The predicted molar refractivity (Wildman–Crippen MR) is 70.9 cm³/mol. The maximum Gasteiger partial charge on any atom is 0.126 e. The number of hydrogen-bond acceptors (Lipinski definition) is 5. The van der Waals surface area contributed by atoms with Crippen molar-refractivity contribution >= 4 is 17.4 Å². The van der Waals surface area contributed by atoms with Crippen LogP contribution >= 0.6 is 11.6 Å². The molecule has 5 nitrogen and oxygen atoms in total. The van der Waals surface area contributed by atoms with Gasteiger partial charge in [0.2, 0.25) is 0 Å². The molecule has 1 unspecified atom stereocenters. The first-order chi connectivity index (χ1) is 8.72. The molecule has 0 aromatic carbocycles. The third kappa shape index (κ3) is 3.32. The number of aliphatic hydroxyl groups is 1. The van der Waals surface area contributed by atoms with Crippen LogP contribution in [0.4, 0.5) is 5.82 Å². The second-order valence-corrected chi connectivity index (χ2v) is 4.69. The van der Waals surface area contributed by atoms with E-state index in [1.165, 1.54) is 0 Å². The first-order valence-corrected chi connectivity index (χ1v) is 6.38. The van der Waals surface area contributed by atoms with E-state index in [4.69, 9.17) is 21.4 Å². The monoisotopic (exact) mass is 271 g/mol. The van der Waals surface area contributed by atoms with Crippen molar-refractivity contribution < 1.29 is 9.84 Å². The molecule has 0 radical (unpaired) electrons. The molecule has 0 amide bonds. The van der Waals surface area contributed by atoms with Gasteiger partial charge < -0.3 is 15.2 Å². The summed E-state index contributed by atoms with van der Waals surface area (Å²) in [6.07, 6.45) is -0.106. The van der Waals surface area contributed by atoms with Gasteiger partial charge in [0, 0.05) is 26.7 Å². The molecule has 100 valence electrons. The lowest BCUT2D eigenvalue weighted by Crippen LogP contribution is -2.43. The maximum absolute atomic E-state index is 9.11. The van der Waals surface area contributed by atoms with E-state index in [1.54, 1.807) is 0 Å². The summed E-state index contributed by atoms with van der Waals surface area (Å²) in [6.45, 7) is 2.90. The van der Waals surface area contributed by atoms with Crippen molar-refractivity contribution in [3.8, 4) is 0 Å². The Kier molecular flexibility index (Phi) is 4.77. The number of ether oxygens (including phenoxy) is 1. The molecule has 6 heteroatoms. The molecular formula is C12H18ClN3O2. The first kappa shape index (κ1) is 13.5.